The van der Waals surface area contributed by atoms with Crippen LogP contribution in [0, 0.1) is 5.41 Å². The zero-order valence-corrected chi connectivity index (χ0v) is 15.8. The van der Waals surface area contributed by atoms with Crippen LogP contribution in [0.1, 0.15) is 32.6 Å². The van der Waals surface area contributed by atoms with E-state index in [9.17, 15) is 4.79 Å². The Morgan fingerprint density at radius 2 is 2.15 bits per heavy atom. The molecule has 1 atom stereocenters. The van der Waals surface area contributed by atoms with Gasteiger partial charge in [0.05, 0.1) is 0 Å². The van der Waals surface area contributed by atoms with Gasteiger partial charge in [0, 0.05) is 0 Å². The number of nitrogens with one attached hydrogen (secondary N) is 1. The fraction of sp³-hybridized carbons (Fsp3) is 0.917. The van der Waals surface area contributed by atoms with Crippen molar-refractivity contribution in [1.29, 1.82) is 0 Å². The minimum atomic E-state index is -1.11. The summed E-state index contributed by atoms with van der Waals surface area (Å²) in [6.45, 7) is 4.18. The molecule has 0 aromatic heterocycles. The summed E-state index contributed by atoms with van der Waals surface area (Å²) in [4.78, 5) is 12.4. The molecule has 0 bridgehead atoms. The Morgan fingerprint density at radius 1 is 1.40 bits per heavy atom. The second-order valence-corrected chi connectivity index (χ2v) is 18.3. The number of carbonyl (C=O) groups excluding carboxylic acids is 1. The SMILES string of the molecule is CCOC(=O)C1(CCOI2N[I-]2)CCC2(C1)OCCO2. The van der Waals surface area contributed by atoms with E-state index < -0.39 is 27.7 Å². The van der Waals surface area contributed by atoms with Crippen molar-refractivity contribution in [3.8, 4) is 0 Å². The Bertz CT molecular complexity index is 373. The Morgan fingerprint density at radius 3 is 2.80 bits per heavy atom. The molecular weight excluding hydrogens is 492 g/mol. The summed E-state index contributed by atoms with van der Waals surface area (Å²) in [5.74, 6) is -0.655. The summed E-state index contributed by atoms with van der Waals surface area (Å²) < 4.78 is 26.0. The van der Waals surface area contributed by atoms with Crippen LogP contribution in [-0.2, 0) is 22.1 Å². The van der Waals surface area contributed by atoms with Crippen LogP contribution in [0.4, 0.5) is 0 Å². The van der Waals surface area contributed by atoms with E-state index in [2.05, 4.69) is 1.74 Å². The van der Waals surface area contributed by atoms with Crippen LogP contribution in [0.2, 0.25) is 0 Å². The van der Waals surface area contributed by atoms with Crippen molar-refractivity contribution in [3.05, 3.63) is 0 Å². The third-order valence-electron chi connectivity index (χ3n) is 4.00. The summed E-state index contributed by atoms with van der Waals surface area (Å²) in [7, 11) is 0. The Hall–Kier alpha value is 0.770. The molecule has 0 radical (unpaired) electrons. The van der Waals surface area contributed by atoms with Crippen LogP contribution in [0.5, 0.6) is 0 Å². The van der Waals surface area contributed by atoms with Gasteiger partial charge in [-0.3, -0.25) is 0 Å². The van der Waals surface area contributed by atoms with Gasteiger partial charge in [0.1, 0.15) is 0 Å². The zero-order valence-electron chi connectivity index (χ0n) is 11.5. The number of esters is 1. The maximum atomic E-state index is 12.4. The van der Waals surface area contributed by atoms with Crippen LogP contribution in [0.15, 0.2) is 0 Å². The fourth-order valence-electron chi connectivity index (χ4n) is 2.99. The van der Waals surface area contributed by atoms with Crippen molar-refractivity contribution in [2.75, 3.05) is 26.4 Å². The first-order valence-electron chi connectivity index (χ1n) is 6.87. The molecule has 2 aliphatic heterocycles. The van der Waals surface area contributed by atoms with Gasteiger partial charge in [-0.25, -0.2) is 0 Å². The Kier molecular flexibility index (Phi) is 5.08. The van der Waals surface area contributed by atoms with E-state index in [1.807, 2.05) is 6.92 Å². The van der Waals surface area contributed by atoms with E-state index in [4.69, 9.17) is 17.3 Å². The number of hydrogen-bond acceptors (Lipinski definition) is 6. The first-order chi connectivity index (χ1) is 9.68. The fourth-order valence-corrected chi connectivity index (χ4v) is 9.85. The molecule has 2 saturated heterocycles. The predicted octanol–water partition coefficient (Wildman–Crippen LogP) is -1.27. The van der Waals surface area contributed by atoms with Crippen molar-refractivity contribution in [1.82, 2.24) is 1.74 Å². The van der Waals surface area contributed by atoms with Crippen LogP contribution in [0.25, 0.3) is 0 Å². The van der Waals surface area contributed by atoms with E-state index in [1.54, 1.807) is 0 Å². The summed E-state index contributed by atoms with van der Waals surface area (Å²) in [6.07, 6.45) is 2.88. The molecule has 1 N–H and O–H groups in total. The molecular formula is C12H20I2NO5-. The average Bonchev–Trinajstić information content (AvgIpc) is 3.03. The second-order valence-electron chi connectivity index (χ2n) is 5.20. The second kappa shape index (κ2) is 6.49. The zero-order chi connectivity index (χ0) is 14.1. The third kappa shape index (κ3) is 3.40. The van der Waals surface area contributed by atoms with Crippen LogP contribution < -0.4 is 19.2 Å². The first kappa shape index (κ1) is 15.7. The molecule has 1 spiro atoms. The maximum absolute atomic E-state index is 12.4. The molecule has 6 nitrogen and oxygen atoms in total. The molecule has 118 valence electrons. The van der Waals surface area contributed by atoms with E-state index in [1.165, 1.54) is 0 Å². The van der Waals surface area contributed by atoms with Crippen molar-refractivity contribution in [2.24, 2.45) is 5.41 Å². The van der Waals surface area contributed by atoms with Gasteiger partial charge in [0.2, 0.25) is 0 Å². The van der Waals surface area contributed by atoms with Gasteiger partial charge in [-0.1, -0.05) is 0 Å². The molecule has 20 heavy (non-hydrogen) atoms. The molecule has 1 saturated carbocycles. The number of hydrogen-bond donors (Lipinski definition) is 1. The molecule has 0 amide bonds. The van der Waals surface area contributed by atoms with Crippen molar-refractivity contribution in [2.45, 2.75) is 38.4 Å². The summed E-state index contributed by atoms with van der Waals surface area (Å²) in [5.41, 5.74) is -0.481. The van der Waals surface area contributed by atoms with Crippen LogP contribution >= 0.6 is 16.5 Å². The monoisotopic (exact) mass is 512 g/mol. The number of halogens is 2. The van der Waals surface area contributed by atoms with Crippen molar-refractivity contribution >= 4 is 22.5 Å². The minimum absolute atomic E-state index is 0.109. The van der Waals surface area contributed by atoms with E-state index in [-0.39, 0.29) is 23.5 Å². The topological polar surface area (TPSA) is 75.9 Å². The van der Waals surface area contributed by atoms with Gasteiger partial charge >= 0.3 is 134 Å². The molecule has 3 rings (SSSR count). The molecule has 3 fully saturated rings. The molecule has 2 heterocycles. The molecule has 0 aromatic rings. The summed E-state index contributed by atoms with van der Waals surface area (Å²) >= 11 is -0.895. The number of rotatable bonds is 6. The van der Waals surface area contributed by atoms with Gasteiger partial charge in [-0.05, 0) is 0 Å². The molecule has 3 aliphatic rings. The van der Waals surface area contributed by atoms with E-state index in [0.717, 1.165) is 19.3 Å². The summed E-state index contributed by atoms with van der Waals surface area (Å²) in [6, 6.07) is 0. The van der Waals surface area contributed by atoms with E-state index in [0.29, 0.717) is 32.8 Å². The van der Waals surface area contributed by atoms with Crippen LogP contribution in [-0.4, -0.2) is 38.2 Å². The first-order valence-corrected chi connectivity index (χ1v) is 16.2. The van der Waals surface area contributed by atoms with Gasteiger partial charge < -0.3 is 0 Å². The third-order valence-corrected chi connectivity index (χ3v) is 12.3. The van der Waals surface area contributed by atoms with Crippen molar-refractivity contribution in [3.63, 3.8) is 0 Å². The molecule has 1 unspecified atom stereocenters. The summed E-state index contributed by atoms with van der Waals surface area (Å²) in [5, 5.41) is 0. The average molecular weight is 512 g/mol. The molecule has 8 heteroatoms. The molecule has 0 aromatic carbocycles. The quantitative estimate of drug-likeness (QED) is 0.207. The predicted molar refractivity (Wildman–Crippen MR) is 75.3 cm³/mol. The van der Waals surface area contributed by atoms with E-state index >= 15 is 0 Å². The number of ether oxygens (including phenoxy) is 3. The van der Waals surface area contributed by atoms with Gasteiger partial charge in [0.15, 0.2) is 0 Å². The Balaban J connectivity index is 1.64. The standard InChI is InChI=1S/C12H20I2NO5/c1-2-17-10(16)11(5-6-20-14-13-15-14)3-4-12(9-11)18-7-8-19-12/h15H,2-9H2,1H3/q-1. The van der Waals surface area contributed by atoms with Crippen molar-refractivity contribution < 1.29 is 39.6 Å². The molecule has 1 aliphatic carbocycles. The van der Waals surface area contributed by atoms with Gasteiger partial charge in [0.25, 0.3) is 0 Å². The van der Waals surface area contributed by atoms with Gasteiger partial charge in [-0.2, -0.15) is 0 Å². The number of carbonyl (C=O) groups is 1. The Labute approximate surface area is 133 Å². The van der Waals surface area contributed by atoms with Gasteiger partial charge in [-0.15, -0.1) is 0 Å². The normalized spacial score (nSPS) is 33.1. The van der Waals surface area contributed by atoms with Crippen LogP contribution in [0.3, 0.4) is 0 Å².